The smallest absolute Gasteiger partial charge is 0.434 e. The molecule has 1 aliphatic rings. The van der Waals surface area contributed by atoms with Gasteiger partial charge in [0, 0.05) is 5.92 Å². The molecule has 1 aliphatic carbocycles. The number of hydrogen-bond donors (Lipinski definition) is 2. The zero-order valence-electron chi connectivity index (χ0n) is 11.4. The second-order valence-electron chi connectivity index (χ2n) is 5.21. The average Bonchev–Trinajstić information content (AvgIpc) is 2.34. The molecule has 0 aromatic rings. The average molecular weight is 294 g/mol. The topological polar surface area (TPSA) is 85.2 Å². The van der Waals surface area contributed by atoms with E-state index < -0.39 is 14.8 Å². The van der Waals surface area contributed by atoms with Crippen molar-refractivity contribution >= 4 is 14.8 Å². The second-order valence-corrected chi connectivity index (χ2v) is 5.92. The Balaban J connectivity index is 2.30. The lowest BCUT2D eigenvalue weighted by atomic mass is 9.87. The van der Waals surface area contributed by atoms with E-state index in [0.29, 0.717) is 6.61 Å². The molecule has 0 heterocycles. The maximum atomic E-state index is 11.3. The van der Waals surface area contributed by atoms with Gasteiger partial charge in [0.2, 0.25) is 0 Å². The largest absolute Gasteiger partial charge is 0.508 e. The highest BCUT2D eigenvalue weighted by Crippen LogP contribution is 2.36. The Morgan fingerprint density at radius 2 is 1.95 bits per heavy atom. The molecule has 0 spiro atoms. The summed E-state index contributed by atoms with van der Waals surface area (Å²) in [5.41, 5.74) is 0. The zero-order chi connectivity index (χ0) is 14.3. The number of ether oxygens (including phenoxy) is 2. The zero-order valence-corrected chi connectivity index (χ0v) is 12.3. The van der Waals surface area contributed by atoms with Crippen molar-refractivity contribution in [2.75, 3.05) is 13.2 Å². The molecule has 7 heteroatoms. The van der Waals surface area contributed by atoms with Gasteiger partial charge in [0.25, 0.3) is 0 Å². The van der Waals surface area contributed by atoms with Gasteiger partial charge in [-0.2, -0.15) is 0 Å². The van der Waals surface area contributed by atoms with E-state index in [-0.39, 0.29) is 24.5 Å². The highest BCUT2D eigenvalue weighted by molar-refractivity contribution is 7.39. The summed E-state index contributed by atoms with van der Waals surface area (Å²) in [6.45, 7) is 4.43. The van der Waals surface area contributed by atoms with Crippen molar-refractivity contribution in [2.45, 2.75) is 45.6 Å². The third-order valence-corrected chi connectivity index (χ3v) is 3.48. The molecule has 6 nitrogen and oxygen atoms in total. The Kier molecular flexibility index (Phi) is 7.61. The van der Waals surface area contributed by atoms with Crippen molar-refractivity contribution in [1.82, 2.24) is 0 Å². The van der Waals surface area contributed by atoms with Gasteiger partial charge >= 0.3 is 14.8 Å². The van der Waals surface area contributed by atoms with Crippen molar-refractivity contribution < 1.29 is 28.6 Å². The number of carbonyl (C=O) groups is 1. The summed E-state index contributed by atoms with van der Waals surface area (Å²) in [5.74, 6) is 0.273. The van der Waals surface area contributed by atoms with Crippen LogP contribution in [0.1, 0.15) is 39.5 Å². The summed E-state index contributed by atoms with van der Waals surface area (Å²) in [4.78, 5) is 29.2. The van der Waals surface area contributed by atoms with Crippen LogP contribution in [0.25, 0.3) is 0 Å². The van der Waals surface area contributed by atoms with E-state index in [1.807, 2.05) is 13.8 Å². The Morgan fingerprint density at radius 1 is 1.26 bits per heavy atom. The van der Waals surface area contributed by atoms with Crippen molar-refractivity contribution in [2.24, 2.45) is 11.8 Å². The monoisotopic (exact) mass is 294 g/mol. The molecule has 1 rings (SSSR count). The number of rotatable bonds is 6. The molecule has 0 aliphatic heterocycles. The van der Waals surface area contributed by atoms with Crippen LogP contribution in [0.2, 0.25) is 0 Å². The third kappa shape index (κ3) is 7.06. The minimum atomic E-state index is -2.36. The molecule has 0 saturated heterocycles. The van der Waals surface area contributed by atoms with Gasteiger partial charge in [-0.15, -0.1) is 0 Å². The van der Waals surface area contributed by atoms with Crippen molar-refractivity contribution in [3.05, 3.63) is 0 Å². The minimum Gasteiger partial charge on any atom is -0.434 e. The first-order chi connectivity index (χ1) is 8.99. The van der Waals surface area contributed by atoms with E-state index in [2.05, 4.69) is 0 Å². The van der Waals surface area contributed by atoms with Gasteiger partial charge in [-0.25, -0.2) is 4.79 Å². The van der Waals surface area contributed by atoms with Crippen molar-refractivity contribution in [3.8, 4) is 0 Å². The number of hydrogen-bond acceptors (Lipinski definition) is 6. The third-order valence-electron chi connectivity index (χ3n) is 3.02. The molecule has 2 unspecified atom stereocenters. The Hall–Kier alpha value is -0.420. The van der Waals surface area contributed by atoms with Crippen LogP contribution >= 0.6 is 8.60 Å². The quantitative estimate of drug-likeness (QED) is 0.578. The van der Waals surface area contributed by atoms with Crippen LogP contribution in [0.5, 0.6) is 0 Å². The lowest BCUT2D eigenvalue weighted by Crippen LogP contribution is -2.31. The fourth-order valence-corrected chi connectivity index (χ4v) is 2.60. The molecule has 1 fully saturated rings. The summed E-state index contributed by atoms with van der Waals surface area (Å²) in [6, 6.07) is 0. The predicted molar refractivity (Wildman–Crippen MR) is 70.3 cm³/mol. The highest BCUT2D eigenvalue weighted by Gasteiger charge is 2.29. The Morgan fingerprint density at radius 3 is 2.58 bits per heavy atom. The van der Waals surface area contributed by atoms with Gasteiger partial charge in [0.1, 0.15) is 6.61 Å². The van der Waals surface area contributed by atoms with Gasteiger partial charge in [-0.05, 0) is 18.8 Å². The molecule has 0 radical (unpaired) electrons. The predicted octanol–water partition coefficient (Wildman–Crippen LogP) is 2.58. The van der Waals surface area contributed by atoms with Crippen LogP contribution < -0.4 is 0 Å². The molecular formula is C12H23O6P. The van der Waals surface area contributed by atoms with E-state index in [4.69, 9.17) is 23.8 Å². The van der Waals surface area contributed by atoms with Crippen LogP contribution in [0, 0.1) is 11.8 Å². The molecular weight excluding hydrogens is 271 g/mol. The summed E-state index contributed by atoms with van der Waals surface area (Å²) in [6.07, 6.45) is 2.70. The standard InChI is InChI=1S/C12H23O6P/c1-9(2)7-16-12(13)17-8-10-5-3-4-6-11(10)18-19(14)15/h9-11,14-15H,3-8H2,1-2H3. The van der Waals surface area contributed by atoms with Gasteiger partial charge in [-0.1, -0.05) is 26.7 Å². The summed E-state index contributed by atoms with van der Waals surface area (Å²) >= 11 is 0. The van der Waals surface area contributed by atoms with E-state index in [9.17, 15) is 4.79 Å². The van der Waals surface area contributed by atoms with Crippen LogP contribution in [-0.4, -0.2) is 35.3 Å². The van der Waals surface area contributed by atoms with Crippen LogP contribution in [-0.2, 0) is 14.0 Å². The lowest BCUT2D eigenvalue weighted by molar-refractivity contribution is 0.00323. The molecule has 1 saturated carbocycles. The van der Waals surface area contributed by atoms with E-state index >= 15 is 0 Å². The summed E-state index contributed by atoms with van der Waals surface area (Å²) in [7, 11) is -2.36. The number of carbonyl (C=O) groups excluding carboxylic acids is 1. The molecule has 0 amide bonds. The molecule has 0 aromatic carbocycles. The molecule has 2 atom stereocenters. The van der Waals surface area contributed by atoms with E-state index in [1.54, 1.807) is 0 Å². The van der Waals surface area contributed by atoms with E-state index in [0.717, 1.165) is 25.7 Å². The lowest BCUT2D eigenvalue weighted by Gasteiger charge is -2.30. The molecule has 0 bridgehead atoms. The first-order valence-corrected chi connectivity index (χ1v) is 7.79. The fourth-order valence-electron chi connectivity index (χ4n) is 2.08. The Bertz CT molecular complexity index is 271. The second kappa shape index (κ2) is 8.69. The van der Waals surface area contributed by atoms with E-state index in [1.165, 1.54) is 0 Å². The molecule has 19 heavy (non-hydrogen) atoms. The normalized spacial score (nSPS) is 23.7. The highest BCUT2D eigenvalue weighted by atomic mass is 31.2. The van der Waals surface area contributed by atoms with Crippen LogP contribution in [0.15, 0.2) is 0 Å². The Labute approximate surface area is 115 Å². The SMILES string of the molecule is CC(C)COC(=O)OCC1CCCCC1OP(O)O. The maximum absolute atomic E-state index is 11.3. The summed E-state index contributed by atoms with van der Waals surface area (Å²) < 4.78 is 15.0. The first-order valence-electron chi connectivity index (χ1n) is 6.63. The molecule has 112 valence electrons. The van der Waals surface area contributed by atoms with Gasteiger partial charge in [-0.3, -0.25) is 0 Å². The molecule has 2 N–H and O–H groups in total. The van der Waals surface area contributed by atoms with Gasteiger partial charge in [0.15, 0.2) is 0 Å². The van der Waals surface area contributed by atoms with Crippen molar-refractivity contribution in [1.29, 1.82) is 0 Å². The summed E-state index contributed by atoms with van der Waals surface area (Å²) in [5, 5.41) is 0. The molecule has 0 aromatic heterocycles. The maximum Gasteiger partial charge on any atom is 0.508 e. The van der Waals surface area contributed by atoms with Gasteiger partial charge in [0.05, 0.1) is 12.7 Å². The van der Waals surface area contributed by atoms with Crippen LogP contribution in [0.4, 0.5) is 4.79 Å². The first kappa shape index (κ1) is 16.6. The fraction of sp³-hybridized carbons (Fsp3) is 0.917. The van der Waals surface area contributed by atoms with Gasteiger partial charge < -0.3 is 23.8 Å². The van der Waals surface area contributed by atoms with Crippen molar-refractivity contribution in [3.63, 3.8) is 0 Å². The minimum absolute atomic E-state index is 0.00431. The van der Waals surface area contributed by atoms with Crippen LogP contribution in [0.3, 0.4) is 0 Å².